The second-order valence-corrected chi connectivity index (χ2v) is 5.48. The van der Waals surface area contributed by atoms with Crippen molar-refractivity contribution in [1.82, 2.24) is 25.5 Å². The first-order valence-corrected chi connectivity index (χ1v) is 7.09. The van der Waals surface area contributed by atoms with E-state index in [9.17, 15) is 4.79 Å². The van der Waals surface area contributed by atoms with E-state index in [0.29, 0.717) is 12.3 Å². The molecule has 0 radical (unpaired) electrons. The highest BCUT2D eigenvalue weighted by Gasteiger charge is 2.13. The zero-order valence-corrected chi connectivity index (χ0v) is 12.6. The molecule has 0 aliphatic carbocycles. The summed E-state index contributed by atoms with van der Waals surface area (Å²) in [6, 6.07) is 9.06. The topological polar surface area (TPSA) is 96.5 Å². The molecule has 0 fully saturated rings. The van der Waals surface area contributed by atoms with Crippen LogP contribution in [0, 0.1) is 17.2 Å². The summed E-state index contributed by atoms with van der Waals surface area (Å²) in [5.41, 5.74) is 1.69. The molecular formula is C15H18N6O. The Bertz CT molecular complexity index is 642. The third-order valence-electron chi connectivity index (χ3n) is 3.11. The quantitative estimate of drug-likeness (QED) is 0.866. The van der Waals surface area contributed by atoms with E-state index in [1.54, 1.807) is 0 Å². The molecular weight excluding hydrogens is 280 g/mol. The van der Waals surface area contributed by atoms with Gasteiger partial charge < -0.3 is 5.32 Å². The lowest BCUT2D eigenvalue weighted by Crippen LogP contribution is -2.35. The van der Waals surface area contributed by atoms with E-state index in [4.69, 9.17) is 5.26 Å². The lowest BCUT2D eigenvalue weighted by atomic mass is 10.0. The van der Waals surface area contributed by atoms with Crippen molar-refractivity contribution in [3.8, 4) is 11.8 Å². The Morgan fingerprint density at radius 2 is 2.09 bits per heavy atom. The van der Waals surface area contributed by atoms with Gasteiger partial charge in [-0.15, -0.1) is 5.10 Å². The Kier molecular flexibility index (Phi) is 5.20. The van der Waals surface area contributed by atoms with Gasteiger partial charge in [0.15, 0.2) is 0 Å². The van der Waals surface area contributed by atoms with Gasteiger partial charge in [0, 0.05) is 0 Å². The first-order chi connectivity index (χ1) is 10.6. The number of aromatic nitrogens is 4. The van der Waals surface area contributed by atoms with Gasteiger partial charge in [-0.3, -0.25) is 4.79 Å². The van der Waals surface area contributed by atoms with Crippen LogP contribution in [0.2, 0.25) is 0 Å². The van der Waals surface area contributed by atoms with Crippen molar-refractivity contribution in [3.63, 3.8) is 0 Å². The average molecular weight is 298 g/mol. The molecule has 114 valence electrons. The number of tetrazole rings is 1. The Labute approximate surface area is 128 Å². The maximum absolute atomic E-state index is 12.0. The Balaban J connectivity index is 1.93. The van der Waals surface area contributed by atoms with E-state index in [0.717, 1.165) is 11.3 Å². The zero-order valence-electron chi connectivity index (χ0n) is 12.6. The highest BCUT2D eigenvalue weighted by atomic mass is 16.1. The number of hydrogen-bond acceptors (Lipinski definition) is 5. The van der Waals surface area contributed by atoms with Gasteiger partial charge in [-0.1, -0.05) is 26.0 Å². The Morgan fingerprint density at radius 3 is 2.64 bits per heavy atom. The second-order valence-electron chi connectivity index (χ2n) is 5.48. The van der Waals surface area contributed by atoms with Crippen molar-refractivity contribution in [2.75, 3.05) is 0 Å². The zero-order chi connectivity index (χ0) is 15.9. The Morgan fingerprint density at radius 1 is 1.36 bits per heavy atom. The number of nitriles is 1. The first kappa shape index (κ1) is 15.6. The van der Waals surface area contributed by atoms with Crippen LogP contribution in [0.25, 0.3) is 5.69 Å². The molecule has 0 bridgehead atoms. The molecule has 7 nitrogen and oxygen atoms in total. The fraction of sp³-hybridized carbons (Fsp3) is 0.400. The summed E-state index contributed by atoms with van der Waals surface area (Å²) in [5.74, 6) is 0.211. The highest BCUT2D eigenvalue weighted by molar-refractivity contribution is 5.79. The van der Waals surface area contributed by atoms with Crippen molar-refractivity contribution in [1.29, 1.82) is 5.26 Å². The standard InChI is InChI=1S/C15H18N6O/c1-11(2)7-13(9-16)18-15(22)8-12-3-5-14(6-4-12)21-10-17-19-20-21/h3-6,10-11,13H,7-8H2,1-2H3,(H,18,22)/t13-/m1/s1. The number of nitrogens with one attached hydrogen (secondary N) is 1. The summed E-state index contributed by atoms with van der Waals surface area (Å²) >= 11 is 0. The maximum atomic E-state index is 12.0. The minimum atomic E-state index is -0.437. The minimum Gasteiger partial charge on any atom is -0.340 e. The number of benzene rings is 1. The SMILES string of the molecule is CC(C)C[C@H](C#N)NC(=O)Cc1ccc(-n2cnnn2)cc1. The van der Waals surface area contributed by atoms with Gasteiger partial charge in [-0.05, 0) is 40.5 Å². The molecule has 1 amide bonds. The monoisotopic (exact) mass is 298 g/mol. The molecule has 2 rings (SSSR count). The van der Waals surface area contributed by atoms with Gasteiger partial charge in [0.25, 0.3) is 0 Å². The molecule has 0 spiro atoms. The number of rotatable bonds is 6. The van der Waals surface area contributed by atoms with Gasteiger partial charge in [0.2, 0.25) is 5.91 Å². The third-order valence-corrected chi connectivity index (χ3v) is 3.11. The van der Waals surface area contributed by atoms with Crippen LogP contribution in [0.3, 0.4) is 0 Å². The predicted molar refractivity (Wildman–Crippen MR) is 79.9 cm³/mol. The van der Waals surface area contributed by atoms with Crippen molar-refractivity contribution in [3.05, 3.63) is 36.2 Å². The van der Waals surface area contributed by atoms with Crippen molar-refractivity contribution in [2.24, 2.45) is 5.92 Å². The third kappa shape index (κ3) is 4.38. The molecule has 0 aliphatic rings. The summed E-state index contributed by atoms with van der Waals surface area (Å²) in [7, 11) is 0. The number of amides is 1. The Hall–Kier alpha value is -2.75. The normalized spacial score (nSPS) is 11.9. The number of hydrogen-bond donors (Lipinski definition) is 1. The van der Waals surface area contributed by atoms with Crippen molar-refractivity contribution < 1.29 is 4.79 Å². The van der Waals surface area contributed by atoms with E-state index < -0.39 is 6.04 Å². The van der Waals surface area contributed by atoms with Crippen LogP contribution in [0.5, 0.6) is 0 Å². The summed E-state index contributed by atoms with van der Waals surface area (Å²) in [6.07, 6.45) is 2.40. The molecule has 0 saturated heterocycles. The molecule has 1 N–H and O–H groups in total. The van der Waals surface area contributed by atoms with Gasteiger partial charge in [0.1, 0.15) is 12.4 Å². The average Bonchev–Trinajstić information content (AvgIpc) is 3.01. The molecule has 22 heavy (non-hydrogen) atoms. The van der Waals surface area contributed by atoms with E-state index in [2.05, 4.69) is 26.9 Å². The fourth-order valence-electron chi connectivity index (χ4n) is 2.09. The number of nitrogens with zero attached hydrogens (tertiary/aromatic N) is 5. The van der Waals surface area contributed by atoms with Crippen molar-refractivity contribution in [2.45, 2.75) is 32.7 Å². The van der Waals surface area contributed by atoms with Crippen LogP contribution in [0.4, 0.5) is 0 Å². The van der Waals surface area contributed by atoms with Gasteiger partial charge in [0.05, 0.1) is 18.2 Å². The predicted octanol–water partition coefficient (Wildman–Crippen LogP) is 1.26. The van der Waals surface area contributed by atoms with E-state index in [1.807, 2.05) is 38.1 Å². The molecule has 2 aromatic rings. The molecule has 0 saturated carbocycles. The smallest absolute Gasteiger partial charge is 0.225 e. The van der Waals surface area contributed by atoms with E-state index >= 15 is 0 Å². The summed E-state index contributed by atoms with van der Waals surface area (Å²) in [4.78, 5) is 12.0. The van der Waals surface area contributed by atoms with Crippen LogP contribution >= 0.6 is 0 Å². The maximum Gasteiger partial charge on any atom is 0.225 e. The van der Waals surface area contributed by atoms with Crippen molar-refractivity contribution >= 4 is 5.91 Å². The lowest BCUT2D eigenvalue weighted by molar-refractivity contribution is -0.120. The van der Waals surface area contributed by atoms with Crippen LogP contribution < -0.4 is 5.32 Å². The van der Waals surface area contributed by atoms with E-state index in [1.165, 1.54) is 11.0 Å². The highest BCUT2D eigenvalue weighted by Crippen LogP contribution is 2.09. The summed E-state index contributed by atoms with van der Waals surface area (Å²) < 4.78 is 1.54. The largest absolute Gasteiger partial charge is 0.340 e. The molecule has 1 aromatic carbocycles. The van der Waals surface area contributed by atoms with Gasteiger partial charge in [-0.25, -0.2) is 4.68 Å². The molecule has 1 atom stereocenters. The van der Waals surface area contributed by atoms with Crippen LogP contribution in [0.1, 0.15) is 25.8 Å². The molecule has 0 aliphatic heterocycles. The van der Waals surface area contributed by atoms with Crippen LogP contribution in [-0.2, 0) is 11.2 Å². The number of carbonyl (C=O) groups excluding carboxylic acids is 1. The molecule has 1 aromatic heterocycles. The van der Waals surface area contributed by atoms with Crippen LogP contribution in [0.15, 0.2) is 30.6 Å². The molecule has 1 heterocycles. The van der Waals surface area contributed by atoms with Gasteiger partial charge >= 0.3 is 0 Å². The lowest BCUT2D eigenvalue weighted by Gasteiger charge is -2.13. The minimum absolute atomic E-state index is 0.151. The summed E-state index contributed by atoms with van der Waals surface area (Å²) in [6.45, 7) is 4.04. The number of carbonyl (C=O) groups is 1. The van der Waals surface area contributed by atoms with E-state index in [-0.39, 0.29) is 12.3 Å². The van der Waals surface area contributed by atoms with Gasteiger partial charge in [-0.2, -0.15) is 5.26 Å². The van der Waals surface area contributed by atoms with Crippen LogP contribution in [-0.4, -0.2) is 32.2 Å². The molecule has 0 unspecified atom stereocenters. The summed E-state index contributed by atoms with van der Waals surface area (Å²) in [5, 5.41) is 22.7. The fourth-order valence-corrected chi connectivity index (χ4v) is 2.09. The second kappa shape index (κ2) is 7.31. The first-order valence-electron chi connectivity index (χ1n) is 7.09. The molecule has 7 heteroatoms.